The smallest absolute Gasteiger partial charge is 0.122 e. The van der Waals surface area contributed by atoms with Gasteiger partial charge in [-0.15, -0.1) is 0 Å². The Balaban J connectivity index is 1.82. The van der Waals surface area contributed by atoms with Crippen LogP contribution in [-0.4, -0.2) is 18.6 Å². The molecular formula is C20H23NO. The lowest BCUT2D eigenvalue weighted by atomic mass is 9.94. The Bertz CT molecular complexity index is 648. The van der Waals surface area contributed by atoms with Crippen molar-refractivity contribution in [3.63, 3.8) is 0 Å². The van der Waals surface area contributed by atoms with E-state index >= 15 is 0 Å². The number of hydrogen-bond donors (Lipinski definition) is 0. The van der Waals surface area contributed by atoms with E-state index in [1.54, 1.807) is 7.11 Å². The van der Waals surface area contributed by atoms with Crippen LogP contribution in [0.3, 0.4) is 0 Å². The van der Waals surface area contributed by atoms with Crippen molar-refractivity contribution in [3.8, 4) is 5.75 Å². The Morgan fingerprint density at radius 1 is 1.14 bits per heavy atom. The van der Waals surface area contributed by atoms with E-state index in [2.05, 4.69) is 53.9 Å². The molecule has 1 aliphatic rings. The summed E-state index contributed by atoms with van der Waals surface area (Å²) in [4.78, 5) is 2.27. The third-order valence-corrected chi connectivity index (χ3v) is 4.43. The van der Waals surface area contributed by atoms with Crippen molar-refractivity contribution in [2.24, 2.45) is 0 Å². The van der Waals surface area contributed by atoms with Crippen molar-refractivity contribution in [1.29, 1.82) is 0 Å². The van der Waals surface area contributed by atoms with Gasteiger partial charge in [0.15, 0.2) is 0 Å². The van der Waals surface area contributed by atoms with Crippen LogP contribution in [0.15, 0.2) is 55.2 Å². The van der Waals surface area contributed by atoms with Crippen molar-refractivity contribution in [2.75, 3.05) is 13.7 Å². The minimum Gasteiger partial charge on any atom is -0.496 e. The monoisotopic (exact) mass is 293 g/mol. The molecule has 0 radical (unpaired) electrons. The Labute approximate surface area is 133 Å². The summed E-state index contributed by atoms with van der Waals surface area (Å²) < 4.78 is 5.62. The van der Waals surface area contributed by atoms with Gasteiger partial charge in [0.1, 0.15) is 5.75 Å². The van der Waals surface area contributed by atoms with Crippen LogP contribution in [0.4, 0.5) is 0 Å². The second-order valence-electron chi connectivity index (χ2n) is 5.82. The van der Waals surface area contributed by atoms with Crippen LogP contribution in [0.25, 0.3) is 0 Å². The number of nitrogens with zero attached hydrogens (tertiary/aromatic N) is 1. The quantitative estimate of drug-likeness (QED) is 0.826. The van der Waals surface area contributed by atoms with E-state index in [9.17, 15) is 0 Å². The molecule has 0 unspecified atom stereocenters. The number of ether oxygens (including phenoxy) is 1. The summed E-state index contributed by atoms with van der Waals surface area (Å²) in [7, 11) is 1.77. The van der Waals surface area contributed by atoms with Gasteiger partial charge in [0, 0.05) is 13.1 Å². The highest BCUT2D eigenvalue weighted by Crippen LogP contribution is 2.29. The van der Waals surface area contributed by atoms with Gasteiger partial charge in [-0.25, -0.2) is 0 Å². The van der Waals surface area contributed by atoms with Gasteiger partial charge in [0.25, 0.3) is 0 Å². The zero-order valence-electron chi connectivity index (χ0n) is 13.2. The Kier molecular flexibility index (Phi) is 4.47. The topological polar surface area (TPSA) is 12.5 Å². The zero-order valence-corrected chi connectivity index (χ0v) is 13.2. The molecule has 2 heteroatoms. The molecule has 114 valence electrons. The summed E-state index contributed by atoms with van der Waals surface area (Å²) in [5.41, 5.74) is 5.50. The fourth-order valence-electron chi connectivity index (χ4n) is 3.12. The largest absolute Gasteiger partial charge is 0.496 e. The molecule has 1 aliphatic heterocycles. The molecule has 0 aliphatic carbocycles. The van der Waals surface area contributed by atoms with E-state index in [1.807, 2.05) is 6.20 Å². The lowest BCUT2D eigenvalue weighted by molar-refractivity contribution is 0.351. The molecule has 0 aromatic heterocycles. The molecule has 2 aromatic rings. The molecule has 1 heterocycles. The van der Waals surface area contributed by atoms with Crippen LogP contribution in [0.5, 0.6) is 5.75 Å². The predicted octanol–water partition coefficient (Wildman–Crippen LogP) is 3.98. The molecule has 0 atom stereocenters. The second kappa shape index (κ2) is 6.69. The molecule has 2 aromatic carbocycles. The SMILES string of the molecule is C=CN1CCc2cc(OC)c(CCc3ccccc3)cc2C1. The number of aryl methyl sites for hydroxylation is 2. The van der Waals surface area contributed by atoms with E-state index in [0.717, 1.165) is 38.1 Å². The Morgan fingerprint density at radius 2 is 1.95 bits per heavy atom. The first-order valence-electron chi connectivity index (χ1n) is 7.89. The minimum atomic E-state index is 0.959. The summed E-state index contributed by atoms with van der Waals surface area (Å²) in [6, 6.07) is 15.2. The molecule has 22 heavy (non-hydrogen) atoms. The first-order valence-corrected chi connectivity index (χ1v) is 7.89. The normalized spacial score (nSPS) is 13.6. The molecule has 0 spiro atoms. The third-order valence-electron chi connectivity index (χ3n) is 4.43. The maximum absolute atomic E-state index is 5.62. The average Bonchev–Trinajstić information content (AvgIpc) is 2.59. The van der Waals surface area contributed by atoms with Gasteiger partial charge in [-0.1, -0.05) is 43.0 Å². The van der Waals surface area contributed by atoms with Crippen molar-refractivity contribution >= 4 is 0 Å². The van der Waals surface area contributed by atoms with Crippen LogP contribution in [0.2, 0.25) is 0 Å². The Hall–Kier alpha value is -2.22. The fraction of sp³-hybridized carbons (Fsp3) is 0.300. The number of benzene rings is 2. The van der Waals surface area contributed by atoms with E-state index in [-0.39, 0.29) is 0 Å². The van der Waals surface area contributed by atoms with Crippen molar-refractivity contribution in [3.05, 3.63) is 77.5 Å². The molecule has 3 rings (SSSR count). The highest BCUT2D eigenvalue weighted by atomic mass is 16.5. The second-order valence-corrected chi connectivity index (χ2v) is 5.82. The van der Waals surface area contributed by atoms with Crippen molar-refractivity contribution in [2.45, 2.75) is 25.8 Å². The van der Waals surface area contributed by atoms with Gasteiger partial charge in [-0.2, -0.15) is 0 Å². The van der Waals surface area contributed by atoms with Gasteiger partial charge in [-0.05, 0) is 53.8 Å². The van der Waals surface area contributed by atoms with Gasteiger partial charge in [0.2, 0.25) is 0 Å². The standard InChI is InChI=1S/C20H23NO/c1-3-21-12-11-17-14-20(22-2)18(13-19(17)15-21)10-9-16-7-5-4-6-8-16/h3-8,13-14H,1,9-12,15H2,2H3. The van der Waals surface area contributed by atoms with Crippen LogP contribution >= 0.6 is 0 Å². The molecule has 2 nitrogen and oxygen atoms in total. The van der Waals surface area contributed by atoms with E-state index in [0.29, 0.717) is 0 Å². The van der Waals surface area contributed by atoms with Gasteiger partial charge in [0.05, 0.1) is 7.11 Å². The summed E-state index contributed by atoms with van der Waals surface area (Å²) in [6.45, 7) is 5.89. The van der Waals surface area contributed by atoms with Crippen LogP contribution < -0.4 is 4.74 Å². The summed E-state index contributed by atoms with van der Waals surface area (Å²) in [5, 5.41) is 0. The molecular weight excluding hydrogens is 270 g/mol. The zero-order chi connectivity index (χ0) is 15.4. The summed E-state index contributed by atoms with van der Waals surface area (Å²) in [6.07, 6.45) is 5.06. The maximum Gasteiger partial charge on any atom is 0.122 e. The van der Waals surface area contributed by atoms with Crippen LogP contribution in [0.1, 0.15) is 22.3 Å². The van der Waals surface area contributed by atoms with Crippen molar-refractivity contribution in [1.82, 2.24) is 4.90 Å². The van der Waals surface area contributed by atoms with Gasteiger partial charge < -0.3 is 9.64 Å². The molecule has 0 amide bonds. The molecule has 0 bridgehead atoms. The lowest BCUT2D eigenvalue weighted by Gasteiger charge is -2.28. The number of fused-ring (bicyclic) bond motifs is 1. The van der Waals surface area contributed by atoms with E-state index in [1.165, 1.54) is 22.3 Å². The Morgan fingerprint density at radius 3 is 2.68 bits per heavy atom. The highest BCUT2D eigenvalue weighted by Gasteiger charge is 2.16. The first kappa shape index (κ1) is 14.7. The van der Waals surface area contributed by atoms with Crippen LogP contribution in [-0.2, 0) is 25.8 Å². The number of rotatable bonds is 5. The first-order chi connectivity index (χ1) is 10.8. The summed E-state index contributed by atoms with van der Waals surface area (Å²) in [5.74, 6) is 1.03. The van der Waals surface area contributed by atoms with Gasteiger partial charge in [-0.3, -0.25) is 0 Å². The van der Waals surface area contributed by atoms with E-state index < -0.39 is 0 Å². The minimum absolute atomic E-state index is 0.959. The van der Waals surface area contributed by atoms with Crippen LogP contribution in [0, 0.1) is 0 Å². The molecule has 0 fully saturated rings. The number of hydrogen-bond acceptors (Lipinski definition) is 2. The highest BCUT2D eigenvalue weighted by molar-refractivity contribution is 5.44. The fourth-order valence-corrected chi connectivity index (χ4v) is 3.12. The van der Waals surface area contributed by atoms with Crippen molar-refractivity contribution < 1.29 is 4.74 Å². The summed E-state index contributed by atoms with van der Waals surface area (Å²) >= 11 is 0. The molecule has 0 saturated heterocycles. The predicted molar refractivity (Wildman–Crippen MR) is 91.2 cm³/mol. The number of methoxy groups -OCH3 is 1. The molecule has 0 saturated carbocycles. The van der Waals surface area contributed by atoms with Gasteiger partial charge >= 0.3 is 0 Å². The van der Waals surface area contributed by atoms with E-state index in [4.69, 9.17) is 4.74 Å². The third kappa shape index (κ3) is 3.16. The molecule has 0 N–H and O–H groups in total. The lowest BCUT2D eigenvalue weighted by Crippen LogP contribution is -2.25. The average molecular weight is 293 g/mol. The maximum atomic E-state index is 5.62.